The van der Waals surface area contributed by atoms with E-state index in [9.17, 15) is 13.4 Å². The molecule has 0 spiro atoms. The summed E-state index contributed by atoms with van der Waals surface area (Å²) >= 11 is 0. The second-order valence-electron chi connectivity index (χ2n) is 7.13. The number of benzene rings is 2. The van der Waals surface area contributed by atoms with Crippen LogP contribution in [0.1, 0.15) is 22.8 Å². The summed E-state index contributed by atoms with van der Waals surface area (Å²) in [6.45, 7) is 3.39. The lowest BCUT2D eigenvalue weighted by Crippen LogP contribution is -2.36. The normalized spacial score (nSPS) is 14.5. The van der Waals surface area contributed by atoms with Crippen LogP contribution in [0.2, 0.25) is 0 Å². The van der Waals surface area contributed by atoms with Gasteiger partial charge in [0.1, 0.15) is 11.4 Å². The van der Waals surface area contributed by atoms with Gasteiger partial charge in [0.25, 0.3) is 11.8 Å². The number of hydrogen-bond acceptors (Lipinski definition) is 7. The average Bonchev–Trinajstić information content (AvgIpc) is 3.33. The lowest BCUT2D eigenvalue weighted by Gasteiger charge is -2.33. The van der Waals surface area contributed by atoms with Crippen molar-refractivity contribution in [2.75, 3.05) is 18.0 Å². The summed E-state index contributed by atoms with van der Waals surface area (Å²) in [4.78, 5) is 19.1. The van der Waals surface area contributed by atoms with E-state index in [2.05, 4.69) is 14.9 Å². The van der Waals surface area contributed by atoms with Crippen molar-refractivity contribution < 1.29 is 22.3 Å². The highest BCUT2D eigenvalue weighted by molar-refractivity contribution is 7.83. The number of fused-ring (bicyclic) bond motifs is 1. The van der Waals surface area contributed by atoms with Crippen LogP contribution in [0.4, 0.5) is 10.1 Å². The topological polar surface area (TPSA) is 101 Å². The second kappa shape index (κ2) is 7.62. The molecule has 158 valence electrons. The number of nitrogens with zero attached hydrogens (tertiary/aromatic N) is 3. The van der Waals surface area contributed by atoms with Crippen LogP contribution in [0.15, 0.2) is 56.3 Å². The van der Waals surface area contributed by atoms with Crippen LogP contribution in [-0.4, -0.2) is 33.3 Å². The van der Waals surface area contributed by atoms with Crippen molar-refractivity contribution in [3.63, 3.8) is 0 Å². The predicted octanol–water partition coefficient (Wildman–Crippen LogP) is 3.59. The molecule has 8 nitrogen and oxygen atoms in total. The first-order valence-corrected chi connectivity index (χ1v) is 10.7. The molecule has 5 rings (SSSR count). The zero-order chi connectivity index (χ0) is 21.5. The van der Waals surface area contributed by atoms with Gasteiger partial charge in [-0.3, -0.25) is 9.52 Å². The molecule has 1 aliphatic heterocycles. The van der Waals surface area contributed by atoms with Crippen molar-refractivity contribution in [1.82, 2.24) is 14.9 Å². The lowest BCUT2D eigenvalue weighted by atomic mass is 10.1. The number of carbonyl (C=O) groups excluding carboxylic acids is 1. The maximum atomic E-state index is 14.5. The molecule has 31 heavy (non-hydrogen) atoms. The molecule has 1 saturated heterocycles. The first kappa shape index (κ1) is 19.4. The van der Waals surface area contributed by atoms with E-state index in [0.717, 1.165) is 19.5 Å². The molecule has 1 N–H and O–H groups in total. The van der Waals surface area contributed by atoms with Crippen molar-refractivity contribution in [3.05, 3.63) is 59.9 Å². The van der Waals surface area contributed by atoms with Gasteiger partial charge in [0, 0.05) is 30.9 Å². The Bertz CT molecular complexity index is 1330. The molecule has 2 aromatic heterocycles. The van der Waals surface area contributed by atoms with E-state index < -0.39 is 22.7 Å². The van der Waals surface area contributed by atoms with Crippen LogP contribution in [-0.2, 0) is 11.0 Å². The zero-order valence-electron chi connectivity index (χ0n) is 16.4. The van der Waals surface area contributed by atoms with Crippen molar-refractivity contribution in [2.24, 2.45) is 0 Å². The van der Waals surface area contributed by atoms with E-state index in [1.54, 1.807) is 37.3 Å². The van der Waals surface area contributed by atoms with E-state index in [1.165, 1.54) is 12.1 Å². The van der Waals surface area contributed by atoms with Gasteiger partial charge in [-0.25, -0.2) is 8.60 Å². The molecule has 0 saturated carbocycles. The fraction of sp³-hybridized carbons (Fsp3) is 0.190. The zero-order valence-corrected chi connectivity index (χ0v) is 17.2. The lowest BCUT2D eigenvalue weighted by molar-refractivity contribution is 0.0958. The van der Waals surface area contributed by atoms with Gasteiger partial charge in [0.2, 0.25) is 0 Å². The highest BCUT2D eigenvalue weighted by Gasteiger charge is 2.22. The molecular weight excluding hydrogens is 423 g/mol. The molecule has 4 aromatic rings. The standard InChI is InChI=1S/C21H17FN4O4S/c1-12-23-21(30-24-12)14-5-2-3-6-19(14)31(28)25-20(27)18-11-15-16(22)9-13(10-17(15)29-18)26-7-4-8-26/h2-3,5-6,9-11H,4,7-8H2,1H3,(H,25,27). The highest BCUT2D eigenvalue weighted by atomic mass is 32.2. The summed E-state index contributed by atoms with van der Waals surface area (Å²) in [6.07, 6.45) is 1.06. The Kier molecular flexibility index (Phi) is 4.78. The van der Waals surface area contributed by atoms with E-state index >= 15 is 0 Å². The molecule has 0 radical (unpaired) electrons. The fourth-order valence-corrected chi connectivity index (χ4v) is 4.29. The molecule has 1 unspecified atom stereocenters. The maximum Gasteiger partial charge on any atom is 0.298 e. The van der Waals surface area contributed by atoms with Crippen molar-refractivity contribution >= 4 is 33.5 Å². The van der Waals surface area contributed by atoms with Gasteiger partial charge in [-0.15, -0.1) is 0 Å². The number of hydrogen-bond donors (Lipinski definition) is 1. The van der Waals surface area contributed by atoms with Crippen molar-refractivity contribution in [3.8, 4) is 11.5 Å². The van der Waals surface area contributed by atoms with E-state index in [0.29, 0.717) is 22.0 Å². The Morgan fingerprint density at radius 2 is 2.03 bits per heavy atom. The molecule has 0 bridgehead atoms. The van der Waals surface area contributed by atoms with Crippen LogP contribution in [0.5, 0.6) is 0 Å². The second-order valence-corrected chi connectivity index (χ2v) is 8.31. The van der Waals surface area contributed by atoms with Crippen LogP contribution < -0.4 is 9.62 Å². The van der Waals surface area contributed by atoms with Gasteiger partial charge in [0.05, 0.1) is 15.8 Å². The number of aryl methyl sites for hydroxylation is 1. The van der Waals surface area contributed by atoms with Crippen LogP contribution >= 0.6 is 0 Å². The average molecular weight is 440 g/mol. The molecule has 1 fully saturated rings. The van der Waals surface area contributed by atoms with Gasteiger partial charge in [-0.1, -0.05) is 17.3 Å². The molecule has 1 amide bonds. The quantitative estimate of drug-likeness (QED) is 0.506. The minimum atomic E-state index is -1.94. The third-order valence-electron chi connectivity index (χ3n) is 5.05. The summed E-state index contributed by atoms with van der Waals surface area (Å²) in [7, 11) is -1.94. The number of rotatable bonds is 5. The smallest absolute Gasteiger partial charge is 0.298 e. The fourth-order valence-electron chi connectivity index (χ4n) is 3.35. The Morgan fingerprint density at radius 1 is 1.23 bits per heavy atom. The van der Waals surface area contributed by atoms with Gasteiger partial charge < -0.3 is 13.8 Å². The predicted molar refractivity (Wildman–Crippen MR) is 111 cm³/mol. The molecule has 0 aliphatic carbocycles. The third kappa shape index (κ3) is 3.59. The maximum absolute atomic E-state index is 14.5. The molecule has 1 aliphatic rings. The summed E-state index contributed by atoms with van der Waals surface area (Å²) in [5.41, 5.74) is 1.42. The summed E-state index contributed by atoms with van der Waals surface area (Å²) in [5.74, 6) is -0.702. The van der Waals surface area contributed by atoms with E-state index in [-0.39, 0.29) is 22.6 Å². The number of carbonyl (C=O) groups is 1. The van der Waals surface area contributed by atoms with E-state index in [1.807, 2.05) is 4.90 Å². The van der Waals surface area contributed by atoms with Crippen LogP contribution in [0.25, 0.3) is 22.4 Å². The van der Waals surface area contributed by atoms with Crippen molar-refractivity contribution in [1.29, 1.82) is 0 Å². The summed E-state index contributed by atoms with van der Waals surface area (Å²) in [6, 6.07) is 11.1. The van der Waals surface area contributed by atoms with Crippen LogP contribution in [0.3, 0.4) is 0 Å². The number of amides is 1. The Hall–Kier alpha value is -3.53. The SMILES string of the molecule is Cc1noc(-c2ccccc2S(=O)NC(=O)c2cc3c(F)cc(N4CCC4)cc3o2)n1. The first-order valence-electron chi connectivity index (χ1n) is 9.60. The minimum Gasteiger partial charge on any atom is -0.451 e. The highest BCUT2D eigenvalue weighted by Crippen LogP contribution is 2.30. The Labute approximate surface area is 178 Å². The number of aromatic nitrogens is 2. The molecule has 1 atom stereocenters. The molecule has 2 aromatic carbocycles. The van der Waals surface area contributed by atoms with Crippen molar-refractivity contribution in [2.45, 2.75) is 18.2 Å². The number of nitrogens with one attached hydrogen (secondary N) is 1. The number of halogens is 1. The van der Waals surface area contributed by atoms with Gasteiger partial charge in [-0.2, -0.15) is 4.98 Å². The van der Waals surface area contributed by atoms with Gasteiger partial charge >= 0.3 is 0 Å². The molecule has 3 heterocycles. The monoisotopic (exact) mass is 440 g/mol. The first-order chi connectivity index (χ1) is 15.0. The number of anilines is 1. The largest absolute Gasteiger partial charge is 0.451 e. The third-order valence-corrected chi connectivity index (χ3v) is 6.17. The van der Waals surface area contributed by atoms with Gasteiger partial charge in [0.15, 0.2) is 22.6 Å². The number of furan rings is 1. The van der Waals surface area contributed by atoms with E-state index in [4.69, 9.17) is 8.94 Å². The van der Waals surface area contributed by atoms with Gasteiger partial charge in [-0.05, 0) is 31.5 Å². The Balaban J connectivity index is 1.41. The molecular formula is C21H17FN4O4S. The molecule has 10 heteroatoms. The minimum absolute atomic E-state index is 0.130. The Morgan fingerprint density at radius 3 is 2.74 bits per heavy atom. The summed E-state index contributed by atoms with van der Waals surface area (Å²) in [5, 5.41) is 3.93. The van der Waals surface area contributed by atoms with Crippen LogP contribution in [0, 0.1) is 12.7 Å². The summed E-state index contributed by atoms with van der Waals surface area (Å²) < 4.78 is 40.5.